The summed E-state index contributed by atoms with van der Waals surface area (Å²) in [6.07, 6.45) is 6.43. The van der Waals surface area contributed by atoms with Gasteiger partial charge in [-0.3, -0.25) is 9.89 Å². The van der Waals surface area contributed by atoms with E-state index >= 15 is 0 Å². The Labute approximate surface area is 170 Å². The number of likely N-dealkylation sites (tertiary alicyclic amines) is 1. The number of rotatable bonds is 6. The largest absolute Gasteiger partial charge is 0.493 e. The zero-order chi connectivity index (χ0) is 20.2. The van der Waals surface area contributed by atoms with Crippen LogP contribution in [0.4, 0.5) is 0 Å². The van der Waals surface area contributed by atoms with E-state index in [1.165, 1.54) is 5.56 Å². The normalized spacial score (nSPS) is 15.0. The Kier molecular flexibility index (Phi) is 5.74. The standard InChI is InChI=1S/C22H27N5O2/c1-15-5-3-6-18(16(15)2)29-14-4-7-19(28)27-12-8-17(9-13-27)20-21-22(26-25-20)24-11-10-23-21/h3,5-6,10-11,17H,4,7-9,12-14H2,1-2H3,(H,24,25,26). The van der Waals surface area contributed by atoms with Gasteiger partial charge in [-0.25, -0.2) is 9.97 Å². The van der Waals surface area contributed by atoms with Gasteiger partial charge in [-0.2, -0.15) is 5.10 Å². The van der Waals surface area contributed by atoms with E-state index in [-0.39, 0.29) is 5.91 Å². The maximum absolute atomic E-state index is 12.6. The minimum atomic E-state index is 0.210. The molecule has 0 aliphatic carbocycles. The van der Waals surface area contributed by atoms with Crippen molar-refractivity contribution in [3.63, 3.8) is 0 Å². The predicted molar refractivity (Wildman–Crippen MR) is 111 cm³/mol. The lowest BCUT2D eigenvalue weighted by molar-refractivity contribution is -0.132. The third-order valence-corrected chi connectivity index (χ3v) is 5.82. The van der Waals surface area contributed by atoms with Gasteiger partial charge >= 0.3 is 0 Å². The number of fused-ring (bicyclic) bond motifs is 1. The minimum Gasteiger partial charge on any atom is -0.493 e. The van der Waals surface area contributed by atoms with E-state index in [0.717, 1.165) is 54.9 Å². The fourth-order valence-corrected chi connectivity index (χ4v) is 3.91. The number of nitrogens with one attached hydrogen (secondary N) is 1. The summed E-state index contributed by atoms with van der Waals surface area (Å²) in [4.78, 5) is 23.2. The second-order valence-corrected chi connectivity index (χ2v) is 7.67. The van der Waals surface area contributed by atoms with Gasteiger partial charge in [0.15, 0.2) is 5.65 Å². The number of piperidine rings is 1. The highest BCUT2D eigenvalue weighted by molar-refractivity contribution is 5.76. The molecule has 152 valence electrons. The van der Waals surface area contributed by atoms with E-state index in [1.807, 2.05) is 17.0 Å². The van der Waals surface area contributed by atoms with Gasteiger partial charge in [0.05, 0.1) is 12.3 Å². The summed E-state index contributed by atoms with van der Waals surface area (Å²) in [6, 6.07) is 6.06. The van der Waals surface area contributed by atoms with Crippen molar-refractivity contribution in [2.45, 2.75) is 45.4 Å². The van der Waals surface area contributed by atoms with Crippen molar-refractivity contribution in [1.29, 1.82) is 0 Å². The van der Waals surface area contributed by atoms with E-state index < -0.39 is 0 Å². The van der Waals surface area contributed by atoms with Crippen LogP contribution in [0.1, 0.15) is 48.4 Å². The first kappa shape index (κ1) is 19.4. The van der Waals surface area contributed by atoms with Crippen molar-refractivity contribution in [1.82, 2.24) is 25.1 Å². The summed E-state index contributed by atoms with van der Waals surface area (Å²) in [6.45, 7) is 6.23. The average molecular weight is 393 g/mol. The Bertz CT molecular complexity index is 992. The number of hydrogen-bond donors (Lipinski definition) is 1. The lowest BCUT2D eigenvalue weighted by atomic mass is 9.93. The van der Waals surface area contributed by atoms with Crippen molar-refractivity contribution < 1.29 is 9.53 Å². The minimum absolute atomic E-state index is 0.210. The van der Waals surface area contributed by atoms with E-state index in [2.05, 4.69) is 40.1 Å². The zero-order valence-corrected chi connectivity index (χ0v) is 17.0. The first-order valence-electron chi connectivity index (χ1n) is 10.2. The van der Waals surface area contributed by atoms with Crippen LogP contribution in [0.5, 0.6) is 5.75 Å². The van der Waals surface area contributed by atoms with Crippen molar-refractivity contribution in [3.05, 3.63) is 47.4 Å². The number of aromatic nitrogens is 4. The maximum atomic E-state index is 12.6. The number of aromatic amines is 1. The second-order valence-electron chi connectivity index (χ2n) is 7.67. The van der Waals surface area contributed by atoms with Crippen LogP contribution in [-0.2, 0) is 4.79 Å². The molecule has 0 atom stereocenters. The first-order chi connectivity index (χ1) is 14.1. The van der Waals surface area contributed by atoms with Gasteiger partial charge in [0.25, 0.3) is 0 Å². The van der Waals surface area contributed by atoms with Gasteiger partial charge in [-0.1, -0.05) is 12.1 Å². The number of H-pyrrole nitrogens is 1. The number of aryl methyl sites for hydroxylation is 1. The molecule has 1 aliphatic rings. The molecular formula is C22H27N5O2. The highest BCUT2D eigenvalue weighted by Gasteiger charge is 2.26. The SMILES string of the molecule is Cc1cccc(OCCCC(=O)N2CCC(c3[nH]nc4nccnc34)CC2)c1C. The van der Waals surface area contributed by atoms with Crippen molar-refractivity contribution in [2.24, 2.45) is 0 Å². The second kappa shape index (κ2) is 8.59. The molecule has 0 radical (unpaired) electrons. The van der Waals surface area contributed by atoms with Crippen LogP contribution in [0.15, 0.2) is 30.6 Å². The van der Waals surface area contributed by atoms with Gasteiger partial charge in [0.2, 0.25) is 5.91 Å². The van der Waals surface area contributed by atoms with Crippen molar-refractivity contribution in [2.75, 3.05) is 19.7 Å². The molecular weight excluding hydrogens is 366 g/mol. The van der Waals surface area contributed by atoms with Gasteiger partial charge in [0, 0.05) is 37.8 Å². The fraction of sp³-hybridized carbons (Fsp3) is 0.455. The molecule has 1 amide bonds. The number of amides is 1. The monoisotopic (exact) mass is 393 g/mol. The van der Waals surface area contributed by atoms with Gasteiger partial charge < -0.3 is 9.64 Å². The lowest BCUT2D eigenvalue weighted by Crippen LogP contribution is -2.38. The van der Waals surface area contributed by atoms with Gasteiger partial charge in [-0.15, -0.1) is 0 Å². The van der Waals surface area contributed by atoms with Gasteiger partial charge in [-0.05, 0) is 50.3 Å². The Hall–Kier alpha value is -2.96. The Morgan fingerprint density at radius 1 is 1.21 bits per heavy atom. The number of carbonyl (C=O) groups is 1. The molecule has 7 heteroatoms. The summed E-state index contributed by atoms with van der Waals surface area (Å²) in [5, 5.41) is 7.34. The fourth-order valence-electron chi connectivity index (χ4n) is 3.91. The molecule has 1 fully saturated rings. The molecule has 3 aromatic rings. The van der Waals surface area contributed by atoms with Crippen LogP contribution in [-0.4, -0.2) is 50.7 Å². The maximum Gasteiger partial charge on any atom is 0.222 e. The highest BCUT2D eigenvalue weighted by atomic mass is 16.5. The number of nitrogens with zero attached hydrogens (tertiary/aromatic N) is 4. The van der Waals surface area contributed by atoms with Crippen LogP contribution >= 0.6 is 0 Å². The molecule has 29 heavy (non-hydrogen) atoms. The third-order valence-electron chi connectivity index (χ3n) is 5.82. The number of ether oxygens (including phenoxy) is 1. The van der Waals surface area contributed by atoms with Crippen LogP contribution in [0.25, 0.3) is 11.2 Å². The van der Waals surface area contributed by atoms with E-state index in [1.54, 1.807) is 12.4 Å². The lowest BCUT2D eigenvalue weighted by Gasteiger charge is -2.31. The number of benzene rings is 1. The molecule has 3 heterocycles. The first-order valence-corrected chi connectivity index (χ1v) is 10.2. The Morgan fingerprint density at radius 3 is 2.83 bits per heavy atom. The van der Waals surface area contributed by atoms with Gasteiger partial charge in [0.1, 0.15) is 11.3 Å². The number of hydrogen-bond acceptors (Lipinski definition) is 5. The molecule has 1 aromatic carbocycles. The van der Waals surface area contributed by atoms with E-state index in [0.29, 0.717) is 24.6 Å². The molecule has 0 spiro atoms. The third kappa shape index (κ3) is 4.23. The Morgan fingerprint density at radius 2 is 2.00 bits per heavy atom. The molecule has 1 N–H and O–H groups in total. The van der Waals surface area contributed by atoms with Crippen LogP contribution < -0.4 is 4.74 Å². The molecule has 1 aliphatic heterocycles. The smallest absolute Gasteiger partial charge is 0.222 e. The molecule has 0 bridgehead atoms. The van der Waals surface area contributed by atoms with E-state index in [9.17, 15) is 4.79 Å². The average Bonchev–Trinajstić information content (AvgIpc) is 3.18. The van der Waals surface area contributed by atoms with Crippen LogP contribution in [0.2, 0.25) is 0 Å². The molecule has 0 unspecified atom stereocenters. The summed E-state index contributed by atoms with van der Waals surface area (Å²) >= 11 is 0. The van der Waals surface area contributed by atoms with E-state index in [4.69, 9.17) is 4.74 Å². The zero-order valence-electron chi connectivity index (χ0n) is 17.0. The molecule has 2 aromatic heterocycles. The predicted octanol–water partition coefficient (Wildman–Crippen LogP) is 3.53. The van der Waals surface area contributed by atoms with Crippen molar-refractivity contribution in [3.8, 4) is 5.75 Å². The number of carbonyl (C=O) groups excluding carboxylic acids is 1. The molecule has 0 saturated carbocycles. The summed E-state index contributed by atoms with van der Waals surface area (Å²) < 4.78 is 5.87. The van der Waals surface area contributed by atoms with Crippen LogP contribution in [0.3, 0.4) is 0 Å². The summed E-state index contributed by atoms with van der Waals surface area (Å²) in [5.74, 6) is 1.46. The summed E-state index contributed by atoms with van der Waals surface area (Å²) in [5.41, 5.74) is 4.93. The summed E-state index contributed by atoms with van der Waals surface area (Å²) in [7, 11) is 0. The molecule has 1 saturated heterocycles. The van der Waals surface area contributed by atoms with Crippen molar-refractivity contribution >= 4 is 17.1 Å². The molecule has 7 nitrogen and oxygen atoms in total. The highest BCUT2D eigenvalue weighted by Crippen LogP contribution is 2.30. The molecule has 4 rings (SSSR count). The Balaban J connectivity index is 1.23. The topological polar surface area (TPSA) is 84.0 Å². The van der Waals surface area contributed by atoms with Crippen LogP contribution in [0, 0.1) is 13.8 Å². The quantitative estimate of drug-likeness (QED) is 0.648.